The van der Waals surface area contributed by atoms with E-state index in [-0.39, 0.29) is 31.1 Å². The third kappa shape index (κ3) is 4.86. The molecule has 0 radical (unpaired) electrons. The summed E-state index contributed by atoms with van der Waals surface area (Å²) in [6.07, 6.45) is 0. The van der Waals surface area contributed by atoms with Crippen LogP contribution >= 0.6 is 7.60 Å². The van der Waals surface area contributed by atoms with Crippen LogP contribution in [0.3, 0.4) is 0 Å². The van der Waals surface area contributed by atoms with Gasteiger partial charge in [0.1, 0.15) is 0 Å². The summed E-state index contributed by atoms with van der Waals surface area (Å²) in [6, 6.07) is 5.16. The first kappa shape index (κ1) is 19.3. The average molecular weight is 345 g/mol. The first-order chi connectivity index (χ1) is 10.9. The molecule has 0 aliphatic carbocycles. The van der Waals surface area contributed by atoms with Crippen LogP contribution < -0.4 is 0 Å². The van der Waals surface area contributed by atoms with Crippen LogP contribution in [0.15, 0.2) is 24.3 Å². The molecule has 1 rings (SSSR count). The number of hydrogen-bond donors (Lipinski definition) is 0. The minimum Gasteiger partial charge on any atom is -0.465 e. The van der Waals surface area contributed by atoms with Crippen molar-refractivity contribution in [2.24, 2.45) is 0 Å². The lowest BCUT2D eigenvalue weighted by atomic mass is 10.1. The highest BCUT2D eigenvalue weighted by molar-refractivity contribution is 7.55. The molecule has 23 heavy (non-hydrogen) atoms. The zero-order valence-corrected chi connectivity index (χ0v) is 14.2. The maximum absolute atomic E-state index is 13.0. The van der Waals surface area contributed by atoms with Gasteiger partial charge in [-0.1, -0.05) is 12.1 Å². The zero-order valence-electron chi connectivity index (χ0n) is 13.3. The van der Waals surface area contributed by atoms with Crippen molar-refractivity contribution in [2.45, 2.75) is 26.4 Å². The van der Waals surface area contributed by atoms with Gasteiger partial charge in [0.25, 0.3) is 5.69 Å². The minimum absolute atomic E-state index is 0.0835. The van der Waals surface area contributed by atoms with Crippen molar-refractivity contribution >= 4 is 19.3 Å². The van der Waals surface area contributed by atoms with E-state index in [1.54, 1.807) is 20.8 Å². The van der Waals surface area contributed by atoms with Crippen molar-refractivity contribution in [3.8, 4) is 0 Å². The molecule has 0 saturated heterocycles. The fourth-order valence-corrected chi connectivity index (χ4v) is 3.96. The Balaban J connectivity index is 3.30. The molecule has 0 spiro atoms. The highest BCUT2D eigenvalue weighted by Crippen LogP contribution is 2.61. The van der Waals surface area contributed by atoms with Gasteiger partial charge < -0.3 is 13.8 Å². The van der Waals surface area contributed by atoms with Crippen LogP contribution in [0.4, 0.5) is 5.69 Å². The molecule has 1 atom stereocenters. The summed E-state index contributed by atoms with van der Waals surface area (Å²) in [4.78, 5) is 22.4. The Morgan fingerprint density at radius 1 is 1.13 bits per heavy atom. The number of carbonyl (C=O) groups is 1. The van der Waals surface area contributed by atoms with Crippen molar-refractivity contribution in [1.29, 1.82) is 0 Å². The average Bonchev–Trinajstić information content (AvgIpc) is 2.48. The van der Waals surface area contributed by atoms with Gasteiger partial charge in [-0.2, -0.15) is 0 Å². The fraction of sp³-hybridized carbons (Fsp3) is 0.500. The Morgan fingerprint density at radius 2 is 1.65 bits per heavy atom. The molecule has 8 nitrogen and oxygen atoms in total. The van der Waals surface area contributed by atoms with Crippen molar-refractivity contribution in [2.75, 3.05) is 19.8 Å². The van der Waals surface area contributed by atoms with E-state index >= 15 is 0 Å². The number of nitro groups is 1. The molecular formula is C14H20NO7P. The summed E-state index contributed by atoms with van der Waals surface area (Å²) in [6.45, 7) is 5.14. The highest BCUT2D eigenvalue weighted by Gasteiger charge is 2.43. The van der Waals surface area contributed by atoms with Crippen LogP contribution in [-0.2, 0) is 23.1 Å². The molecule has 0 amide bonds. The molecule has 0 saturated carbocycles. The summed E-state index contributed by atoms with van der Waals surface area (Å²) in [5.74, 6) is -0.758. The Morgan fingerprint density at radius 3 is 2.04 bits per heavy atom. The molecule has 0 aliphatic rings. The molecule has 128 valence electrons. The Kier molecular flexibility index (Phi) is 7.35. The Labute approximate surface area is 134 Å². The lowest BCUT2D eigenvalue weighted by Crippen LogP contribution is -2.19. The number of ether oxygens (including phenoxy) is 1. The van der Waals surface area contributed by atoms with Gasteiger partial charge in [0, 0.05) is 12.1 Å². The fourth-order valence-electron chi connectivity index (χ4n) is 1.99. The van der Waals surface area contributed by atoms with Gasteiger partial charge in [0.2, 0.25) is 0 Å². The molecule has 9 heteroatoms. The van der Waals surface area contributed by atoms with E-state index in [4.69, 9.17) is 13.8 Å². The van der Waals surface area contributed by atoms with Crippen LogP contribution in [0.1, 0.15) is 32.0 Å². The molecule has 0 N–H and O–H groups in total. The third-order valence-electron chi connectivity index (χ3n) is 2.86. The van der Waals surface area contributed by atoms with Gasteiger partial charge in [-0.15, -0.1) is 0 Å². The summed E-state index contributed by atoms with van der Waals surface area (Å²) >= 11 is 0. The molecule has 0 bridgehead atoms. The number of benzene rings is 1. The molecule has 0 fully saturated rings. The number of rotatable bonds is 9. The first-order valence-electron chi connectivity index (χ1n) is 7.19. The number of nitro benzene ring substituents is 1. The third-order valence-corrected chi connectivity index (χ3v) is 5.24. The van der Waals surface area contributed by atoms with Gasteiger partial charge in [-0.3, -0.25) is 19.5 Å². The molecule has 0 aromatic heterocycles. The van der Waals surface area contributed by atoms with Crippen molar-refractivity contribution in [1.82, 2.24) is 0 Å². The topological polar surface area (TPSA) is 105 Å². The number of carbonyl (C=O) groups excluding carboxylic acids is 1. The second-order valence-corrected chi connectivity index (χ2v) is 6.49. The predicted molar refractivity (Wildman–Crippen MR) is 83.3 cm³/mol. The molecule has 0 aliphatic heterocycles. The zero-order chi connectivity index (χ0) is 17.5. The number of esters is 1. The van der Waals surface area contributed by atoms with Gasteiger partial charge in [-0.05, 0) is 26.3 Å². The lowest BCUT2D eigenvalue weighted by Gasteiger charge is -2.25. The summed E-state index contributed by atoms with van der Waals surface area (Å²) < 4.78 is 28.4. The Hall–Kier alpha value is -1.76. The quantitative estimate of drug-likeness (QED) is 0.292. The van der Waals surface area contributed by atoms with Crippen molar-refractivity contribution in [3.63, 3.8) is 0 Å². The smallest absolute Gasteiger partial charge is 0.349 e. The number of nitrogens with zero attached hydrogens (tertiary/aromatic N) is 1. The molecule has 0 heterocycles. The molecule has 1 aromatic rings. The SMILES string of the molecule is CCOC(=O)C(c1ccc([N+](=O)[O-])cc1)P(=O)(OCC)OCC. The maximum atomic E-state index is 13.0. The van der Waals surface area contributed by atoms with E-state index in [2.05, 4.69) is 0 Å². The molecule has 1 unspecified atom stereocenters. The Bertz CT molecular complexity index is 577. The van der Waals surface area contributed by atoms with Gasteiger partial charge in [0.15, 0.2) is 5.66 Å². The summed E-state index contributed by atoms with van der Waals surface area (Å²) in [7, 11) is -3.82. The monoisotopic (exact) mass is 345 g/mol. The van der Waals surface area contributed by atoms with E-state index in [0.29, 0.717) is 0 Å². The number of non-ortho nitro benzene ring substituents is 1. The van der Waals surface area contributed by atoms with E-state index in [0.717, 1.165) is 0 Å². The van der Waals surface area contributed by atoms with Crippen LogP contribution in [0.2, 0.25) is 0 Å². The first-order valence-corrected chi connectivity index (χ1v) is 8.80. The molecule has 1 aromatic carbocycles. The number of hydrogen-bond acceptors (Lipinski definition) is 7. The van der Waals surface area contributed by atoms with E-state index in [1.807, 2.05) is 0 Å². The van der Waals surface area contributed by atoms with E-state index < -0.39 is 24.1 Å². The lowest BCUT2D eigenvalue weighted by molar-refractivity contribution is -0.384. The standard InChI is InChI=1S/C14H20NO7P/c1-4-20-14(16)13(23(19,21-5-2)22-6-3)11-7-9-12(10-8-11)15(17)18/h7-10,13H,4-6H2,1-3H3. The minimum atomic E-state index is -3.82. The van der Waals surface area contributed by atoms with Crippen LogP contribution in [0.25, 0.3) is 0 Å². The summed E-state index contributed by atoms with van der Waals surface area (Å²) in [5, 5.41) is 10.7. The van der Waals surface area contributed by atoms with E-state index in [9.17, 15) is 19.5 Å². The summed E-state index contributed by atoms with van der Waals surface area (Å²) in [5.41, 5.74) is -1.15. The highest BCUT2D eigenvalue weighted by atomic mass is 31.2. The maximum Gasteiger partial charge on any atom is 0.349 e. The molecular weight excluding hydrogens is 325 g/mol. The van der Waals surface area contributed by atoms with Crippen LogP contribution in [-0.4, -0.2) is 30.7 Å². The van der Waals surface area contributed by atoms with Crippen molar-refractivity contribution < 1.29 is 28.1 Å². The predicted octanol–water partition coefficient (Wildman–Crippen LogP) is 3.47. The normalized spacial score (nSPS) is 12.7. The van der Waals surface area contributed by atoms with E-state index in [1.165, 1.54) is 24.3 Å². The van der Waals surface area contributed by atoms with Crippen molar-refractivity contribution in [3.05, 3.63) is 39.9 Å². The van der Waals surface area contributed by atoms with Gasteiger partial charge in [-0.25, -0.2) is 0 Å². The van der Waals surface area contributed by atoms with Crippen LogP contribution in [0.5, 0.6) is 0 Å². The van der Waals surface area contributed by atoms with Gasteiger partial charge in [0.05, 0.1) is 24.7 Å². The largest absolute Gasteiger partial charge is 0.465 e. The second-order valence-electron chi connectivity index (χ2n) is 4.38. The van der Waals surface area contributed by atoms with Crippen LogP contribution in [0, 0.1) is 10.1 Å². The second kappa shape index (κ2) is 8.76. The van der Waals surface area contributed by atoms with Gasteiger partial charge >= 0.3 is 13.6 Å².